The normalized spacial score (nSPS) is 11.4. The molecule has 0 aliphatic rings. The highest BCUT2D eigenvalue weighted by Gasteiger charge is 2.18. The minimum absolute atomic E-state index is 0.371. The summed E-state index contributed by atoms with van der Waals surface area (Å²) in [5.74, 6) is -0.410. The Bertz CT molecular complexity index is 447. The summed E-state index contributed by atoms with van der Waals surface area (Å²) in [6, 6.07) is 9.14. The monoisotopic (exact) mass is 295 g/mol. The quantitative estimate of drug-likeness (QED) is 0.169. The second-order valence-electron chi connectivity index (χ2n) is 4.31. The third kappa shape index (κ3) is 6.45. The number of esters is 1. The third-order valence-electron chi connectivity index (χ3n) is 2.76. The lowest BCUT2D eigenvalue weighted by atomic mass is 10.1. The molecular weight excluding hydrogens is 278 g/mol. The molecule has 1 aromatic carbocycles. The number of hydrogen-bond acceptors (Lipinski definition) is 3. The maximum atomic E-state index is 11.7. The molecule has 0 fully saturated rings. The molecule has 1 unspecified atom stereocenters. The minimum atomic E-state index is -0.749. The van der Waals surface area contributed by atoms with Gasteiger partial charge < -0.3 is 4.74 Å². The first-order chi connectivity index (χ1) is 9.75. The molecule has 1 aromatic rings. The van der Waals surface area contributed by atoms with Crippen LogP contribution in [0.5, 0.6) is 0 Å². The average Bonchev–Trinajstić information content (AvgIpc) is 2.50. The molecule has 0 saturated heterocycles. The van der Waals surface area contributed by atoms with E-state index in [2.05, 4.69) is 10.0 Å². The standard InChI is InChI=1S/C14H18ClN3O2/c15-13(12-8-4-3-5-9-12)14(19)20-11-7-2-1-6-10-17-18-16/h3-5,8-9,13H,1-2,6-7,10-11H2. The first-order valence-corrected chi connectivity index (χ1v) is 7.06. The molecule has 0 aliphatic heterocycles. The van der Waals surface area contributed by atoms with E-state index in [9.17, 15) is 4.79 Å². The average molecular weight is 296 g/mol. The van der Waals surface area contributed by atoms with E-state index < -0.39 is 11.3 Å². The van der Waals surface area contributed by atoms with Gasteiger partial charge in [-0.2, -0.15) is 0 Å². The topological polar surface area (TPSA) is 75.1 Å². The van der Waals surface area contributed by atoms with E-state index in [4.69, 9.17) is 21.9 Å². The molecule has 5 nitrogen and oxygen atoms in total. The van der Waals surface area contributed by atoms with Gasteiger partial charge in [0.15, 0.2) is 5.38 Å². The Morgan fingerprint density at radius 2 is 1.95 bits per heavy atom. The zero-order valence-electron chi connectivity index (χ0n) is 11.2. The molecular formula is C14H18ClN3O2. The summed E-state index contributed by atoms with van der Waals surface area (Å²) in [4.78, 5) is 14.4. The summed E-state index contributed by atoms with van der Waals surface area (Å²) < 4.78 is 5.13. The Kier molecular flexibility index (Phi) is 8.27. The highest BCUT2D eigenvalue weighted by atomic mass is 35.5. The third-order valence-corrected chi connectivity index (χ3v) is 3.19. The molecule has 0 spiro atoms. The van der Waals surface area contributed by atoms with Gasteiger partial charge in [-0.1, -0.05) is 48.3 Å². The summed E-state index contributed by atoms with van der Waals surface area (Å²) >= 11 is 6.03. The predicted octanol–water partition coefficient (Wildman–Crippen LogP) is 4.38. The Morgan fingerprint density at radius 3 is 2.65 bits per heavy atom. The predicted molar refractivity (Wildman–Crippen MR) is 78.5 cm³/mol. The molecule has 6 heteroatoms. The van der Waals surface area contributed by atoms with Gasteiger partial charge in [0, 0.05) is 11.5 Å². The van der Waals surface area contributed by atoms with Crippen LogP contribution in [0.15, 0.2) is 35.4 Å². The molecule has 0 aliphatic carbocycles. The molecule has 0 radical (unpaired) electrons. The highest BCUT2D eigenvalue weighted by molar-refractivity contribution is 6.29. The zero-order chi connectivity index (χ0) is 14.6. The highest BCUT2D eigenvalue weighted by Crippen LogP contribution is 2.21. The van der Waals surface area contributed by atoms with Gasteiger partial charge in [-0.25, -0.2) is 0 Å². The zero-order valence-corrected chi connectivity index (χ0v) is 12.0. The number of hydrogen-bond donors (Lipinski definition) is 0. The SMILES string of the molecule is [N-]=[N+]=NCCCCCCOC(=O)C(Cl)c1ccccc1. The first-order valence-electron chi connectivity index (χ1n) is 6.62. The van der Waals surface area contributed by atoms with Gasteiger partial charge in [0.2, 0.25) is 0 Å². The van der Waals surface area contributed by atoms with Crippen LogP contribution in [-0.4, -0.2) is 19.1 Å². The van der Waals surface area contributed by atoms with Gasteiger partial charge in [0.05, 0.1) is 6.61 Å². The smallest absolute Gasteiger partial charge is 0.328 e. The van der Waals surface area contributed by atoms with Crippen molar-refractivity contribution in [3.63, 3.8) is 0 Å². The fourth-order valence-corrected chi connectivity index (χ4v) is 1.90. The van der Waals surface area contributed by atoms with Gasteiger partial charge in [-0.05, 0) is 23.9 Å². The number of halogens is 1. The van der Waals surface area contributed by atoms with Gasteiger partial charge in [-0.15, -0.1) is 11.6 Å². The summed E-state index contributed by atoms with van der Waals surface area (Å²) in [6.45, 7) is 0.893. The second-order valence-corrected chi connectivity index (χ2v) is 4.75. The Hall–Kier alpha value is -1.71. The summed E-state index contributed by atoms with van der Waals surface area (Å²) in [6.07, 6.45) is 3.55. The lowest BCUT2D eigenvalue weighted by Gasteiger charge is -2.09. The fraction of sp³-hybridized carbons (Fsp3) is 0.500. The van der Waals surface area contributed by atoms with E-state index in [1.165, 1.54) is 0 Å². The van der Waals surface area contributed by atoms with Crippen LogP contribution >= 0.6 is 11.6 Å². The number of carbonyl (C=O) groups excluding carboxylic acids is 1. The van der Waals surface area contributed by atoms with E-state index in [1.807, 2.05) is 18.2 Å². The van der Waals surface area contributed by atoms with Gasteiger partial charge >= 0.3 is 5.97 Å². The molecule has 108 valence electrons. The van der Waals surface area contributed by atoms with Gasteiger partial charge in [0.25, 0.3) is 0 Å². The van der Waals surface area contributed by atoms with E-state index in [-0.39, 0.29) is 0 Å². The van der Waals surface area contributed by atoms with E-state index in [0.717, 1.165) is 31.2 Å². The van der Waals surface area contributed by atoms with Crippen LogP contribution < -0.4 is 0 Å². The number of unbranched alkanes of at least 4 members (excludes halogenated alkanes) is 3. The number of nitrogens with zero attached hydrogens (tertiary/aromatic N) is 3. The van der Waals surface area contributed by atoms with Crippen molar-refractivity contribution in [2.24, 2.45) is 5.11 Å². The Balaban J connectivity index is 2.12. The fourth-order valence-electron chi connectivity index (χ4n) is 1.69. The maximum Gasteiger partial charge on any atom is 0.328 e. The molecule has 0 amide bonds. The van der Waals surface area contributed by atoms with Crippen molar-refractivity contribution in [1.29, 1.82) is 0 Å². The van der Waals surface area contributed by atoms with Crippen LogP contribution in [0.1, 0.15) is 36.6 Å². The van der Waals surface area contributed by atoms with Crippen LogP contribution in [0, 0.1) is 0 Å². The number of alkyl halides is 1. The van der Waals surface area contributed by atoms with Gasteiger partial charge in [-0.3, -0.25) is 4.79 Å². The Morgan fingerprint density at radius 1 is 1.25 bits per heavy atom. The number of rotatable bonds is 9. The van der Waals surface area contributed by atoms with Crippen LogP contribution in [-0.2, 0) is 9.53 Å². The molecule has 0 aromatic heterocycles. The van der Waals surface area contributed by atoms with E-state index in [1.54, 1.807) is 12.1 Å². The van der Waals surface area contributed by atoms with Crippen LogP contribution in [0.4, 0.5) is 0 Å². The van der Waals surface area contributed by atoms with Crippen molar-refractivity contribution < 1.29 is 9.53 Å². The van der Waals surface area contributed by atoms with Crippen molar-refractivity contribution in [2.75, 3.05) is 13.2 Å². The first kappa shape index (κ1) is 16.3. The molecule has 20 heavy (non-hydrogen) atoms. The lowest BCUT2D eigenvalue weighted by Crippen LogP contribution is -2.12. The number of ether oxygens (including phenoxy) is 1. The van der Waals surface area contributed by atoms with Crippen LogP contribution in [0.3, 0.4) is 0 Å². The number of benzene rings is 1. The number of azide groups is 1. The molecule has 1 rings (SSSR count). The van der Waals surface area contributed by atoms with Crippen molar-refractivity contribution >= 4 is 17.6 Å². The van der Waals surface area contributed by atoms with E-state index in [0.29, 0.717) is 13.2 Å². The number of carbonyl (C=O) groups is 1. The summed E-state index contributed by atoms with van der Waals surface area (Å²) in [5, 5.41) is 2.70. The largest absolute Gasteiger partial charge is 0.464 e. The van der Waals surface area contributed by atoms with Crippen molar-refractivity contribution in [1.82, 2.24) is 0 Å². The molecule has 1 atom stereocenters. The lowest BCUT2D eigenvalue weighted by molar-refractivity contribution is -0.143. The summed E-state index contributed by atoms with van der Waals surface area (Å²) in [7, 11) is 0. The minimum Gasteiger partial charge on any atom is -0.464 e. The Labute approximate surface area is 123 Å². The molecule has 0 heterocycles. The van der Waals surface area contributed by atoms with Gasteiger partial charge in [0.1, 0.15) is 0 Å². The summed E-state index contributed by atoms with van der Waals surface area (Å²) in [5.41, 5.74) is 8.85. The van der Waals surface area contributed by atoms with Crippen LogP contribution in [0.2, 0.25) is 0 Å². The maximum absolute atomic E-state index is 11.7. The second kappa shape index (κ2) is 10.1. The van der Waals surface area contributed by atoms with Crippen LogP contribution in [0.25, 0.3) is 10.4 Å². The van der Waals surface area contributed by atoms with Crippen molar-refractivity contribution in [2.45, 2.75) is 31.1 Å². The molecule has 0 bridgehead atoms. The molecule has 0 N–H and O–H groups in total. The van der Waals surface area contributed by atoms with Crippen molar-refractivity contribution in [3.8, 4) is 0 Å². The van der Waals surface area contributed by atoms with Crippen molar-refractivity contribution in [3.05, 3.63) is 46.3 Å². The molecule has 0 saturated carbocycles. The van der Waals surface area contributed by atoms with E-state index >= 15 is 0 Å².